The lowest BCUT2D eigenvalue weighted by Crippen LogP contribution is -2.27. The number of fused-ring (bicyclic) bond motifs is 1. The van der Waals surface area contributed by atoms with Crippen LogP contribution in [0.15, 0.2) is 24.4 Å². The molecule has 0 atom stereocenters. The first-order valence-corrected chi connectivity index (χ1v) is 7.80. The molecule has 2 heterocycles. The van der Waals surface area contributed by atoms with Crippen molar-refractivity contribution >= 4 is 34.8 Å². The van der Waals surface area contributed by atoms with Crippen LogP contribution in [0.5, 0.6) is 0 Å². The number of carbonyl (C=O) groups excluding carboxylic acids is 2. The van der Waals surface area contributed by atoms with Crippen molar-refractivity contribution in [2.24, 2.45) is 0 Å². The van der Waals surface area contributed by atoms with E-state index in [9.17, 15) is 14.0 Å². The summed E-state index contributed by atoms with van der Waals surface area (Å²) < 4.78 is 13.5. The van der Waals surface area contributed by atoms with Gasteiger partial charge >= 0.3 is 0 Å². The van der Waals surface area contributed by atoms with Gasteiger partial charge in [0.1, 0.15) is 5.82 Å². The van der Waals surface area contributed by atoms with Crippen LogP contribution < -0.4 is 10.6 Å². The summed E-state index contributed by atoms with van der Waals surface area (Å²) in [7, 11) is 3.63. The largest absolute Gasteiger partial charge is 0.360 e. The van der Waals surface area contributed by atoms with Crippen LogP contribution in [0.4, 0.5) is 15.8 Å². The number of likely N-dealkylation sites (N-methyl/N-ethyl adjacent to an activating group) is 1. The monoisotopic (exact) mass is 342 g/mol. The lowest BCUT2D eigenvalue weighted by atomic mass is 10.0. The summed E-state index contributed by atoms with van der Waals surface area (Å²) in [6, 6.07) is 4.18. The molecule has 0 bridgehead atoms. The third-order valence-corrected chi connectivity index (χ3v) is 3.97. The van der Waals surface area contributed by atoms with Gasteiger partial charge in [0.25, 0.3) is 5.91 Å². The summed E-state index contributed by atoms with van der Waals surface area (Å²) in [4.78, 5) is 28.9. The molecule has 1 aliphatic rings. The van der Waals surface area contributed by atoms with Crippen molar-refractivity contribution in [1.29, 1.82) is 0 Å². The predicted octanol–water partition coefficient (Wildman–Crippen LogP) is 2.46. The predicted molar refractivity (Wildman–Crippen MR) is 95.6 cm³/mol. The van der Waals surface area contributed by atoms with Gasteiger partial charge in [-0.15, -0.1) is 0 Å². The molecular weight excluding hydrogens is 323 g/mol. The number of anilines is 2. The summed E-state index contributed by atoms with van der Waals surface area (Å²) in [5.41, 5.74) is 3.63. The zero-order valence-corrected chi connectivity index (χ0v) is 14.2. The first-order valence-electron chi connectivity index (χ1n) is 7.80. The number of benzene rings is 1. The molecule has 0 saturated carbocycles. The Hall–Kier alpha value is -2.93. The quantitative estimate of drug-likeness (QED) is 0.747. The van der Waals surface area contributed by atoms with Gasteiger partial charge in [-0.1, -0.05) is 0 Å². The molecule has 1 aromatic heterocycles. The average molecular weight is 342 g/mol. The number of aromatic amines is 1. The maximum absolute atomic E-state index is 13.5. The van der Waals surface area contributed by atoms with E-state index in [1.165, 1.54) is 18.2 Å². The van der Waals surface area contributed by atoms with Crippen molar-refractivity contribution in [1.82, 2.24) is 9.88 Å². The van der Waals surface area contributed by atoms with Crippen molar-refractivity contribution < 1.29 is 14.0 Å². The molecule has 1 aliphatic heterocycles. The second-order valence-electron chi connectivity index (χ2n) is 6.23. The Morgan fingerprint density at radius 1 is 1.36 bits per heavy atom. The average Bonchev–Trinajstić information content (AvgIpc) is 3.01. The maximum Gasteiger partial charge on any atom is 0.256 e. The second-order valence-corrected chi connectivity index (χ2v) is 6.23. The van der Waals surface area contributed by atoms with Crippen LogP contribution >= 0.6 is 0 Å². The molecule has 0 aliphatic carbocycles. The second kappa shape index (κ2) is 6.52. The minimum absolute atomic E-state index is 0.127. The Balaban J connectivity index is 1.89. The lowest BCUT2D eigenvalue weighted by Gasteiger charge is -2.09. The SMILES string of the molecule is Cc1c(NC(=O)CN(C)C)c[nH]c1/C=C1\C(=O)Nc2ccc(F)cc21. The summed E-state index contributed by atoms with van der Waals surface area (Å²) in [6.45, 7) is 2.11. The Kier molecular flexibility index (Phi) is 4.41. The van der Waals surface area contributed by atoms with Crippen molar-refractivity contribution in [2.75, 3.05) is 31.3 Å². The molecule has 6 nitrogen and oxygen atoms in total. The first kappa shape index (κ1) is 16.9. The van der Waals surface area contributed by atoms with E-state index in [4.69, 9.17) is 0 Å². The van der Waals surface area contributed by atoms with Crippen LogP contribution in [0.3, 0.4) is 0 Å². The van der Waals surface area contributed by atoms with E-state index < -0.39 is 5.82 Å². The Bertz CT molecular complexity index is 883. The van der Waals surface area contributed by atoms with Crippen LogP contribution in [-0.4, -0.2) is 42.3 Å². The van der Waals surface area contributed by atoms with Gasteiger partial charge in [-0.2, -0.15) is 0 Å². The van der Waals surface area contributed by atoms with Gasteiger partial charge in [-0.3, -0.25) is 9.59 Å². The molecule has 3 N–H and O–H groups in total. The molecule has 0 unspecified atom stereocenters. The smallest absolute Gasteiger partial charge is 0.256 e. The minimum Gasteiger partial charge on any atom is -0.360 e. The van der Waals surface area contributed by atoms with Crippen molar-refractivity contribution in [2.45, 2.75) is 6.92 Å². The van der Waals surface area contributed by atoms with Crippen molar-refractivity contribution in [3.8, 4) is 0 Å². The number of hydrogen-bond donors (Lipinski definition) is 3. The van der Waals surface area contributed by atoms with E-state index in [0.29, 0.717) is 28.2 Å². The number of H-pyrrole nitrogens is 1. The molecule has 1 aromatic carbocycles. The molecular formula is C18H19FN4O2. The topological polar surface area (TPSA) is 77.2 Å². The van der Waals surface area contributed by atoms with Gasteiger partial charge in [0.15, 0.2) is 0 Å². The lowest BCUT2D eigenvalue weighted by molar-refractivity contribution is -0.116. The number of aromatic nitrogens is 1. The molecule has 2 aromatic rings. The summed E-state index contributed by atoms with van der Waals surface area (Å²) in [6.07, 6.45) is 3.34. The van der Waals surface area contributed by atoms with E-state index in [0.717, 1.165) is 5.56 Å². The van der Waals surface area contributed by atoms with Gasteiger partial charge in [0.05, 0.1) is 17.8 Å². The maximum atomic E-state index is 13.5. The van der Waals surface area contributed by atoms with Crippen molar-refractivity contribution in [3.63, 3.8) is 0 Å². The zero-order valence-electron chi connectivity index (χ0n) is 14.2. The number of amides is 2. The van der Waals surface area contributed by atoms with Crippen molar-refractivity contribution in [3.05, 3.63) is 47.0 Å². The van der Waals surface area contributed by atoms with E-state index in [-0.39, 0.29) is 18.4 Å². The highest BCUT2D eigenvalue weighted by atomic mass is 19.1. The standard InChI is InChI=1S/C18H19FN4O2/c1-10-15(20-8-16(10)21-17(24)9-23(2)3)7-13-12-6-11(19)4-5-14(12)22-18(13)25/h4-8,20H,9H2,1-3H3,(H,21,24)(H,22,25)/b13-7-. The molecule has 0 radical (unpaired) electrons. The van der Waals surface area contributed by atoms with Gasteiger partial charge in [-0.25, -0.2) is 4.39 Å². The zero-order chi connectivity index (χ0) is 18.1. The molecule has 25 heavy (non-hydrogen) atoms. The number of halogens is 1. The van der Waals surface area contributed by atoms with Crippen LogP contribution in [0, 0.1) is 12.7 Å². The normalized spacial score (nSPS) is 14.8. The van der Waals surface area contributed by atoms with Crippen LogP contribution in [0.2, 0.25) is 0 Å². The molecule has 3 rings (SSSR count). The Morgan fingerprint density at radius 2 is 2.12 bits per heavy atom. The number of nitrogens with zero attached hydrogens (tertiary/aromatic N) is 1. The van der Waals surface area contributed by atoms with Crippen LogP contribution in [0.25, 0.3) is 11.6 Å². The molecule has 0 spiro atoms. The summed E-state index contributed by atoms with van der Waals surface area (Å²) in [5, 5.41) is 5.54. The van der Waals surface area contributed by atoms with Crippen LogP contribution in [-0.2, 0) is 9.59 Å². The Labute approximate surface area is 144 Å². The molecule has 0 fully saturated rings. The number of carbonyl (C=O) groups is 2. The Morgan fingerprint density at radius 3 is 2.84 bits per heavy atom. The van der Waals surface area contributed by atoms with Gasteiger partial charge < -0.3 is 20.5 Å². The highest BCUT2D eigenvalue weighted by molar-refractivity contribution is 6.34. The number of hydrogen-bond acceptors (Lipinski definition) is 3. The summed E-state index contributed by atoms with van der Waals surface area (Å²) in [5.74, 6) is -0.814. The fourth-order valence-electron chi connectivity index (χ4n) is 2.72. The molecule has 0 saturated heterocycles. The minimum atomic E-state index is -0.402. The third-order valence-electron chi connectivity index (χ3n) is 3.97. The first-order chi connectivity index (χ1) is 11.8. The number of rotatable bonds is 4. The fourth-order valence-corrected chi connectivity index (χ4v) is 2.72. The van der Waals surface area contributed by atoms with Crippen LogP contribution in [0.1, 0.15) is 16.8 Å². The van der Waals surface area contributed by atoms with E-state index in [1.807, 2.05) is 21.0 Å². The van der Waals surface area contributed by atoms with Gasteiger partial charge in [0, 0.05) is 23.1 Å². The van der Waals surface area contributed by atoms with E-state index in [1.54, 1.807) is 17.2 Å². The third kappa shape index (κ3) is 3.46. The highest BCUT2D eigenvalue weighted by Gasteiger charge is 2.25. The fraction of sp³-hybridized carbons (Fsp3) is 0.222. The van der Waals surface area contributed by atoms with E-state index >= 15 is 0 Å². The summed E-state index contributed by atoms with van der Waals surface area (Å²) >= 11 is 0. The molecule has 130 valence electrons. The van der Waals surface area contributed by atoms with E-state index in [2.05, 4.69) is 15.6 Å². The molecule has 7 heteroatoms. The van der Waals surface area contributed by atoms with Gasteiger partial charge in [-0.05, 0) is 50.9 Å². The highest BCUT2D eigenvalue weighted by Crippen LogP contribution is 2.34. The number of nitrogens with one attached hydrogen (secondary N) is 3. The van der Waals surface area contributed by atoms with Gasteiger partial charge in [0.2, 0.25) is 5.91 Å². The molecule has 2 amide bonds.